The second kappa shape index (κ2) is 7.51. The summed E-state index contributed by atoms with van der Waals surface area (Å²) in [5, 5.41) is 13.6. The Bertz CT molecular complexity index is 418. The van der Waals surface area contributed by atoms with Gasteiger partial charge in [-0.25, -0.2) is 4.98 Å². The number of nitrogens with one attached hydrogen (secondary N) is 1. The highest BCUT2D eigenvalue weighted by molar-refractivity contribution is 5.89. The number of rotatable bonds is 7. The average molecular weight is 263 g/mol. The fraction of sp³-hybridized carbons (Fsp3) is 0.500. The van der Waals surface area contributed by atoms with Crippen molar-refractivity contribution in [3.63, 3.8) is 0 Å². The smallest absolute Gasteiger partial charge is 0.225 e. The van der Waals surface area contributed by atoms with Gasteiger partial charge in [0.25, 0.3) is 0 Å². The molecule has 0 fully saturated rings. The van der Waals surface area contributed by atoms with E-state index in [2.05, 4.69) is 10.3 Å². The molecule has 5 nitrogen and oxygen atoms in total. The maximum atomic E-state index is 11.7. The Kier molecular flexibility index (Phi) is 5.99. The van der Waals surface area contributed by atoms with Crippen LogP contribution in [0.15, 0.2) is 24.4 Å². The minimum Gasteiger partial charge on any atom is -0.550 e. The van der Waals surface area contributed by atoms with Crippen LogP contribution in [-0.4, -0.2) is 16.9 Å². The van der Waals surface area contributed by atoms with Crippen molar-refractivity contribution in [1.82, 2.24) is 4.98 Å². The van der Waals surface area contributed by atoms with Gasteiger partial charge in [0.05, 0.1) is 0 Å². The largest absolute Gasteiger partial charge is 0.550 e. The Morgan fingerprint density at radius 1 is 1.37 bits per heavy atom. The van der Waals surface area contributed by atoms with E-state index in [1.807, 2.05) is 13.8 Å². The summed E-state index contributed by atoms with van der Waals surface area (Å²) in [6, 6.07) is 5.21. The van der Waals surface area contributed by atoms with Crippen LogP contribution in [0.25, 0.3) is 0 Å². The van der Waals surface area contributed by atoms with Crippen LogP contribution in [0.3, 0.4) is 0 Å². The van der Waals surface area contributed by atoms with E-state index in [9.17, 15) is 14.7 Å². The van der Waals surface area contributed by atoms with Gasteiger partial charge in [-0.1, -0.05) is 19.9 Å². The van der Waals surface area contributed by atoms with E-state index in [4.69, 9.17) is 0 Å². The van der Waals surface area contributed by atoms with Crippen molar-refractivity contribution in [2.24, 2.45) is 11.8 Å². The van der Waals surface area contributed by atoms with Crippen LogP contribution in [-0.2, 0) is 9.59 Å². The van der Waals surface area contributed by atoms with E-state index in [1.165, 1.54) is 0 Å². The Morgan fingerprint density at radius 2 is 2.11 bits per heavy atom. The molecule has 1 amide bonds. The molecule has 1 heterocycles. The van der Waals surface area contributed by atoms with E-state index in [0.29, 0.717) is 18.7 Å². The van der Waals surface area contributed by atoms with Crippen LogP contribution in [0.5, 0.6) is 0 Å². The summed E-state index contributed by atoms with van der Waals surface area (Å²) >= 11 is 0. The number of nitrogens with zero attached hydrogens (tertiary/aromatic N) is 1. The molecule has 0 saturated heterocycles. The Hall–Kier alpha value is -1.91. The van der Waals surface area contributed by atoms with Crippen LogP contribution in [0.4, 0.5) is 5.82 Å². The number of carbonyl (C=O) groups excluding carboxylic acids is 2. The number of amides is 1. The van der Waals surface area contributed by atoms with E-state index in [-0.39, 0.29) is 18.2 Å². The third kappa shape index (κ3) is 5.99. The fourth-order valence-corrected chi connectivity index (χ4v) is 1.85. The summed E-state index contributed by atoms with van der Waals surface area (Å²) in [7, 11) is 0. The average Bonchev–Trinajstić information content (AvgIpc) is 2.35. The summed E-state index contributed by atoms with van der Waals surface area (Å²) in [5.74, 6) is -1.15. The summed E-state index contributed by atoms with van der Waals surface area (Å²) in [6.45, 7) is 3.90. The highest BCUT2D eigenvalue weighted by atomic mass is 16.4. The normalized spacial score (nSPS) is 12.2. The summed E-state index contributed by atoms with van der Waals surface area (Å²) in [6.07, 6.45) is 2.55. The molecule has 5 heteroatoms. The van der Waals surface area contributed by atoms with Gasteiger partial charge in [0.2, 0.25) is 5.91 Å². The molecule has 0 bridgehead atoms. The molecule has 0 saturated carbocycles. The number of hydrogen-bond donors (Lipinski definition) is 1. The molecule has 104 valence electrons. The van der Waals surface area contributed by atoms with Crippen LogP contribution in [0.2, 0.25) is 0 Å². The van der Waals surface area contributed by atoms with Gasteiger partial charge in [0.15, 0.2) is 0 Å². The molecule has 0 aromatic carbocycles. The molecule has 0 unspecified atom stereocenters. The minimum absolute atomic E-state index is 0.155. The maximum Gasteiger partial charge on any atom is 0.225 e. The minimum atomic E-state index is -1.08. The predicted molar refractivity (Wildman–Crippen MR) is 70.1 cm³/mol. The molecular formula is C14H19N2O3-. The van der Waals surface area contributed by atoms with Crippen LogP contribution >= 0.6 is 0 Å². The first-order valence-electron chi connectivity index (χ1n) is 6.40. The molecule has 1 N–H and O–H groups in total. The highest BCUT2D eigenvalue weighted by Crippen LogP contribution is 2.17. The van der Waals surface area contributed by atoms with Crippen molar-refractivity contribution in [1.29, 1.82) is 0 Å². The standard InChI is InChI=1S/C14H20N2O3/c1-10(2)9-11(14(18)19)6-7-13(17)16-12-5-3-4-8-15-12/h3-5,8,10-11H,6-7,9H2,1-2H3,(H,18,19)(H,15,16,17)/p-1/t11-/m1/s1. The lowest BCUT2D eigenvalue weighted by Crippen LogP contribution is -2.32. The molecule has 1 aromatic heterocycles. The SMILES string of the molecule is CC(C)C[C@@H](CCC(=O)Nc1ccccn1)C(=O)[O-]. The van der Waals surface area contributed by atoms with Gasteiger partial charge >= 0.3 is 0 Å². The Balaban J connectivity index is 2.42. The zero-order valence-corrected chi connectivity index (χ0v) is 11.3. The van der Waals surface area contributed by atoms with Crippen molar-refractivity contribution < 1.29 is 14.7 Å². The van der Waals surface area contributed by atoms with Gasteiger partial charge in [0.1, 0.15) is 5.82 Å². The van der Waals surface area contributed by atoms with Crippen molar-refractivity contribution in [2.75, 3.05) is 5.32 Å². The number of carboxylic acids is 1. The predicted octanol–water partition coefficient (Wildman–Crippen LogP) is 1.21. The lowest BCUT2D eigenvalue weighted by atomic mass is 9.93. The van der Waals surface area contributed by atoms with Crippen LogP contribution < -0.4 is 10.4 Å². The first-order chi connectivity index (χ1) is 8.99. The van der Waals surface area contributed by atoms with E-state index in [1.54, 1.807) is 24.4 Å². The number of carboxylic acid groups (broad SMARTS) is 1. The summed E-state index contributed by atoms with van der Waals surface area (Å²) in [4.78, 5) is 26.6. The van der Waals surface area contributed by atoms with Crippen molar-refractivity contribution in [2.45, 2.75) is 33.1 Å². The molecule has 0 aliphatic carbocycles. The first-order valence-corrected chi connectivity index (χ1v) is 6.40. The molecular weight excluding hydrogens is 244 g/mol. The van der Waals surface area contributed by atoms with Gasteiger partial charge in [0, 0.05) is 18.6 Å². The lowest BCUT2D eigenvalue weighted by Gasteiger charge is -2.19. The number of carbonyl (C=O) groups is 2. The lowest BCUT2D eigenvalue weighted by molar-refractivity contribution is -0.312. The van der Waals surface area contributed by atoms with Crippen molar-refractivity contribution in [3.8, 4) is 0 Å². The van der Waals surface area contributed by atoms with E-state index >= 15 is 0 Å². The zero-order valence-electron chi connectivity index (χ0n) is 11.3. The number of pyridine rings is 1. The van der Waals surface area contributed by atoms with Gasteiger partial charge in [-0.3, -0.25) is 4.79 Å². The van der Waals surface area contributed by atoms with Gasteiger partial charge < -0.3 is 15.2 Å². The Labute approximate surface area is 113 Å². The summed E-state index contributed by atoms with van der Waals surface area (Å²) in [5.41, 5.74) is 0. The first kappa shape index (κ1) is 15.1. The van der Waals surface area contributed by atoms with E-state index in [0.717, 1.165) is 0 Å². The van der Waals surface area contributed by atoms with Gasteiger partial charge in [-0.2, -0.15) is 0 Å². The van der Waals surface area contributed by atoms with Crippen LogP contribution in [0, 0.1) is 11.8 Å². The topological polar surface area (TPSA) is 82.1 Å². The number of aliphatic carboxylic acids is 1. The van der Waals surface area contributed by atoms with Crippen LogP contribution in [0.1, 0.15) is 33.1 Å². The monoisotopic (exact) mass is 263 g/mol. The van der Waals surface area contributed by atoms with Gasteiger partial charge in [-0.05, 0) is 36.8 Å². The molecule has 19 heavy (non-hydrogen) atoms. The third-order valence-corrected chi connectivity index (χ3v) is 2.74. The number of aromatic nitrogens is 1. The Morgan fingerprint density at radius 3 is 2.63 bits per heavy atom. The number of anilines is 1. The zero-order chi connectivity index (χ0) is 14.3. The van der Waals surface area contributed by atoms with Gasteiger partial charge in [-0.15, -0.1) is 0 Å². The quantitative estimate of drug-likeness (QED) is 0.801. The van der Waals surface area contributed by atoms with Crippen molar-refractivity contribution in [3.05, 3.63) is 24.4 Å². The molecule has 0 spiro atoms. The molecule has 0 aliphatic heterocycles. The van der Waals surface area contributed by atoms with E-state index < -0.39 is 11.9 Å². The second-order valence-corrected chi connectivity index (χ2v) is 4.95. The molecule has 1 aromatic rings. The second-order valence-electron chi connectivity index (χ2n) is 4.95. The fourth-order valence-electron chi connectivity index (χ4n) is 1.85. The number of hydrogen-bond acceptors (Lipinski definition) is 4. The molecule has 0 aliphatic rings. The molecule has 1 atom stereocenters. The maximum absolute atomic E-state index is 11.7. The highest BCUT2D eigenvalue weighted by Gasteiger charge is 2.14. The summed E-state index contributed by atoms with van der Waals surface area (Å²) < 4.78 is 0. The third-order valence-electron chi connectivity index (χ3n) is 2.74. The molecule has 1 rings (SSSR count). The van der Waals surface area contributed by atoms with Crippen molar-refractivity contribution >= 4 is 17.7 Å². The molecule has 0 radical (unpaired) electrons.